The number of hydrazone groups is 1. The van der Waals surface area contributed by atoms with E-state index in [0.29, 0.717) is 28.9 Å². The van der Waals surface area contributed by atoms with Gasteiger partial charge in [-0.3, -0.25) is 15.5 Å². The van der Waals surface area contributed by atoms with E-state index in [4.69, 9.17) is 21.1 Å². The number of hydrogen-bond acceptors (Lipinski definition) is 7. The Kier molecular flexibility index (Phi) is 6.59. The highest BCUT2D eigenvalue weighted by atomic mass is 35.5. The largest absolute Gasteiger partial charge is 0.493 e. The molecule has 0 saturated heterocycles. The summed E-state index contributed by atoms with van der Waals surface area (Å²) in [6.45, 7) is 0.293. The van der Waals surface area contributed by atoms with Crippen molar-refractivity contribution in [3.8, 4) is 11.5 Å². The van der Waals surface area contributed by atoms with Gasteiger partial charge in [-0.05, 0) is 35.9 Å². The molecular weight excluding hydrogens is 396 g/mol. The summed E-state index contributed by atoms with van der Waals surface area (Å²) >= 11 is 6.17. The number of rotatable bonds is 8. The monoisotopic (exact) mass is 412 g/mol. The molecule has 148 valence electrons. The molecule has 8 nitrogen and oxygen atoms in total. The third-order valence-electron chi connectivity index (χ3n) is 3.88. The van der Waals surface area contributed by atoms with Crippen molar-refractivity contribution in [3.05, 3.63) is 87.1 Å². The molecule has 0 aliphatic carbocycles. The second kappa shape index (κ2) is 9.52. The average molecular weight is 413 g/mol. The van der Waals surface area contributed by atoms with Crippen LogP contribution in [-0.2, 0) is 6.61 Å². The van der Waals surface area contributed by atoms with Gasteiger partial charge in [-0.2, -0.15) is 5.10 Å². The quantitative estimate of drug-likeness (QED) is 0.327. The third-order valence-corrected chi connectivity index (χ3v) is 4.25. The molecule has 2 aromatic carbocycles. The molecule has 0 aliphatic rings. The topological polar surface area (TPSA) is 98.9 Å². The van der Waals surface area contributed by atoms with Crippen LogP contribution in [0, 0.1) is 10.1 Å². The molecule has 0 spiro atoms. The molecule has 9 heteroatoms. The van der Waals surface area contributed by atoms with Gasteiger partial charge in [0.15, 0.2) is 11.5 Å². The van der Waals surface area contributed by atoms with E-state index < -0.39 is 4.92 Å². The van der Waals surface area contributed by atoms with Crippen LogP contribution >= 0.6 is 11.6 Å². The maximum absolute atomic E-state index is 10.6. The van der Waals surface area contributed by atoms with Gasteiger partial charge in [0.05, 0.1) is 18.2 Å². The number of nitrogens with one attached hydrogen (secondary N) is 1. The number of hydrogen-bond donors (Lipinski definition) is 1. The van der Waals surface area contributed by atoms with Crippen LogP contribution in [0.25, 0.3) is 0 Å². The molecule has 3 rings (SSSR count). The van der Waals surface area contributed by atoms with Gasteiger partial charge in [0, 0.05) is 16.7 Å². The van der Waals surface area contributed by atoms with Crippen LogP contribution in [0.2, 0.25) is 5.02 Å². The molecule has 0 atom stereocenters. The van der Waals surface area contributed by atoms with E-state index in [1.807, 2.05) is 24.3 Å². The highest BCUT2D eigenvalue weighted by Gasteiger charge is 2.08. The Balaban J connectivity index is 1.68. The summed E-state index contributed by atoms with van der Waals surface area (Å²) in [5.41, 5.74) is 4.25. The van der Waals surface area contributed by atoms with Crippen LogP contribution in [0.15, 0.2) is 65.9 Å². The van der Waals surface area contributed by atoms with E-state index in [0.717, 1.165) is 17.3 Å². The van der Waals surface area contributed by atoms with Crippen molar-refractivity contribution in [1.82, 2.24) is 4.98 Å². The number of benzene rings is 2. The minimum absolute atomic E-state index is 0.0880. The van der Waals surface area contributed by atoms with Crippen LogP contribution in [0.4, 0.5) is 11.5 Å². The van der Waals surface area contributed by atoms with Gasteiger partial charge < -0.3 is 9.47 Å². The predicted molar refractivity (Wildman–Crippen MR) is 111 cm³/mol. The SMILES string of the molecule is COc1ccc(/C=N\Nc2ccc([N+](=O)[O-])cn2)cc1OCc1ccccc1Cl. The highest BCUT2D eigenvalue weighted by molar-refractivity contribution is 6.31. The fourth-order valence-electron chi connectivity index (χ4n) is 2.39. The summed E-state index contributed by atoms with van der Waals surface area (Å²) in [6, 6.07) is 15.6. The van der Waals surface area contributed by atoms with Crippen LogP contribution in [0.3, 0.4) is 0 Å². The van der Waals surface area contributed by atoms with Gasteiger partial charge in [-0.25, -0.2) is 4.98 Å². The van der Waals surface area contributed by atoms with Crippen LogP contribution in [-0.4, -0.2) is 23.2 Å². The van der Waals surface area contributed by atoms with Gasteiger partial charge in [-0.15, -0.1) is 0 Å². The highest BCUT2D eigenvalue weighted by Crippen LogP contribution is 2.29. The van der Waals surface area contributed by atoms with Gasteiger partial charge in [0.2, 0.25) is 0 Å². The van der Waals surface area contributed by atoms with E-state index in [1.165, 1.54) is 12.1 Å². The van der Waals surface area contributed by atoms with Crippen LogP contribution in [0.5, 0.6) is 11.5 Å². The Hall–Kier alpha value is -3.65. The molecule has 1 aromatic heterocycles. The fraction of sp³-hybridized carbons (Fsp3) is 0.100. The summed E-state index contributed by atoms with van der Waals surface area (Å²) in [6.07, 6.45) is 2.73. The van der Waals surface area contributed by atoms with E-state index >= 15 is 0 Å². The summed E-state index contributed by atoms with van der Waals surface area (Å²) in [5, 5.41) is 15.4. The summed E-state index contributed by atoms with van der Waals surface area (Å²) < 4.78 is 11.2. The standard InChI is InChI=1S/C20H17ClN4O4/c1-28-18-8-6-14(10-19(18)29-13-15-4-2-3-5-17(15)21)11-23-24-20-9-7-16(12-22-20)25(26)27/h2-12H,13H2,1H3,(H,22,24)/b23-11-. The molecule has 29 heavy (non-hydrogen) atoms. The van der Waals surface area contributed by atoms with Crippen molar-refractivity contribution in [2.45, 2.75) is 6.61 Å². The van der Waals surface area contributed by atoms with E-state index in [1.54, 1.807) is 31.5 Å². The number of halogens is 1. The summed E-state index contributed by atoms with van der Waals surface area (Å²) in [4.78, 5) is 14.1. The number of pyridine rings is 1. The Morgan fingerprint density at radius 2 is 2.03 bits per heavy atom. The zero-order chi connectivity index (χ0) is 20.6. The molecular formula is C20H17ClN4O4. The number of aromatic nitrogens is 1. The molecule has 0 bridgehead atoms. The number of methoxy groups -OCH3 is 1. The molecule has 0 aliphatic heterocycles. The minimum Gasteiger partial charge on any atom is -0.493 e. The van der Waals surface area contributed by atoms with Crippen molar-refractivity contribution >= 4 is 29.3 Å². The van der Waals surface area contributed by atoms with E-state index in [9.17, 15) is 10.1 Å². The zero-order valence-electron chi connectivity index (χ0n) is 15.4. The van der Waals surface area contributed by atoms with Gasteiger partial charge in [0.25, 0.3) is 5.69 Å². The Bertz CT molecular complexity index is 1030. The first-order valence-corrected chi connectivity index (χ1v) is 8.88. The number of ether oxygens (including phenoxy) is 2. The first-order chi connectivity index (χ1) is 14.1. The first kappa shape index (κ1) is 20.1. The van der Waals surface area contributed by atoms with Crippen molar-refractivity contribution < 1.29 is 14.4 Å². The molecule has 1 N–H and O–H groups in total. The molecule has 0 fully saturated rings. The Morgan fingerprint density at radius 3 is 2.72 bits per heavy atom. The van der Waals surface area contributed by atoms with E-state index in [-0.39, 0.29) is 5.69 Å². The van der Waals surface area contributed by atoms with Crippen molar-refractivity contribution in [2.24, 2.45) is 5.10 Å². The van der Waals surface area contributed by atoms with Crippen molar-refractivity contribution in [1.29, 1.82) is 0 Å². The zero-order valence-corrected chi connectivity index (χ0v) is 16.2. The maximum atomic E-state index is 10.6. The second-order valence-corrected chi connectivity index (χ2v) is 6.23. The molecule has 3 aromatic rings. The lowest BCUT2D eigenvalue weighted by Crippen LogP contribution is -1.99. The van der Waals surface area contributed by atoms with Gasteiger partial charge in [0.1, 0.15) is 18.6 Å². The molecule has 0 amide bonds. The number of nitrogens with zero attached hydrogens (tertiary/aromatic N) is 3. The maximum Gasteiger partial charge on any atom is 0.287 e. The Morgan fingerprint density at radius 1 is 1.21 bits per heavy atom. The first-order valence-electron chi connectivity index (χ1n) is 8.50. The predicted octanol–water partition coefficient (Wildman–Crippen LogP) is 4.68. The fourth-order valence-corrected chi connectivity index (χ4v) is 2.58. The summed E-state index contributed by atoms with van der Waals surface area (Å²) in [5.74, 6) is 1.51. The normalized spacial score (nSPS) is 10.7. The molecule has 0 unspecified atom stereocenters. The second-order valence-electron chi connectivity index (χ2n) is 5.82. The minimum atomic E-state index is -0.512. The number of nitro groups is 1. The number of anilines is 1. The summed E-state index contributed by atoms with van der Waals surface area (Å²) in [7, 11) is 1.56. The van der Waals surface area contributed by atoms with Crippen molar-refractivity contribution in [3.63, 3.8) is 0 Å². The average Bonchev–Trinajstić information content (AvgIpc) is 2.73. The van der Waals surface area contributed by atoms with Gasteiger partial charge in [-0.1, -0.05) is 29.8 Å². The molecule has 0 saturated carbocycles. The molecule has 0 radical (unpaired) electrons. The van der Waals surface area contributed by atoms with E-state index in [2.05, 4.69) is 15.5 Å². The smallest absolute Gasteiger partial charge is 0.287 e. The van der Waals surface area contributed by atoms with Crippen molar-refractivity contribution in [2.75, 3.05) is 12.5 Å². The third kappa shape index (κ3) is 5.43. The van der Waals surface area contributed by atoms with Crippen LogP contribution < -0.4 is 14.9 Å². The lowest BCUT2D eigenvalue weighted by atomic mass is 10.2. The van der Waals surface area contributed by atoms with Gasteiger partial charge >= 0.3 is 0 Å². The molecule has 1 heterocycles. The lowest BCUT2D eigenvalue weighted by molar-refractivity contribution is -0.385. The lowest BCUT2D eigenvalue weighted by Gasteiger charge is -2.12. The Labute approximate surface area is 171 Å². The van der Waals surface area contributed by atoms with Crippen LogP contribution in [0.1, 0.15) is 11.1 Å².